The van der Waals surface area contributed by atoms with Crippen LogP contribution in [0.15, 0.2) is 24.3 Å². The smallest absolute Gasteiger partial charge is 0.409 e. The van der Waals surface area contributed by atoms with Gasteiger partial charge in [0, 0.05) is 13.1 Å². The van der Waals surface area contributed by atoms with Crippen LogP contribution in [0.4, 0.5) is 4.79 Å². The average molecular weight is 221 g/mol. The zero-order valence-electron chi connectivity index (χ0n) is 10.2. The number of carbonyl (C=O) groups is 1. The molecule has 0 aliphatic carbocycles. The molecule has 0 unspecified atom stereocenters. The van der Waals surface area contributed by atoms with Gasteiger partial charge in [-0.05, 0) is 25.8 Å². The molecule has 0 spiro atoms. The van der Waals surface area contributed by atoms with Crippen molar-refractivity contribution in [3.8, 4) is 0 Å². The monoisotopic (exact) mass is 221 g/mol. The highest BCUT2D eigenvalue weighted by atomic mass is 16.5. The van der Waals surface area contributed by atoms with Gasteiger partial charge in [0.05, 0.1) is 7.11 Å². The van der Waals surface area contributed by atoms with E-state index < -0.39 is 0 Å². The van der Waals surface area contributed by atoms with Crippen LogP contribution in [0.2, 0.25) is 0 Å². The second kappa shape index (κ2) is 6.16. The Hall–Kier alpha value is -1.51. The second-order valence-corrected chi connectivity index (χ2v) is 3.79. The van der Waals surface area contributed by atoms with Gasteiger partial charge in [-0.2, -0.15) is 0 Å². The molecule has 16 heavy (non-hydrogen) atoms. The molecule has 0 saturated heterocycles. The third-order valence-corrected chi connectivity index (χ3v) is 2.61. The fourth-order valence-electron chi connectivity index (χ4n) is 1.53. The summed E-state index contributed by atoms with van der Waals surface area (Å²) in [6.07, 6.45) is 0.609. The van der Waals surface area contributed by atoms with Gasteiger partial charge in [0.25, 0.3) is 0 Å². The minimum atomic E-state index is -0.255. The molecule has 0 radical (unpaired) electrons. The lowest BCUT2D eigenvalue weighted by molar-refractivity contribution is 0.126. The first-order chi connectivity index (χ1) is 7.67. The fraction of sp³-hybridized carbons (Fsp3) is 0.462. The van der Waals surface area contributed by atoms with Gasteiger partial charge in [-0.25, -0.2) is 4.79 Å². The van der Waals surface area contributed by atoms with Crippen molar-refractivity contribution < 1.29 is 9.53 Å². The predicted octanol–water partition coefficient (Wildman–Crippen LogP) is 2.63. The van der Waals surface area contributed by atoms with Crippen LogP contribution < -0.4 is 0 Å². The van der Waals surface area contributed by atoms with Gasteiger partial charge in [0.15, 0.2) is 0 Å². The summed E-state index contributed by atoms with van der Waals surface area (Å²) in [4.78, 5) is 13.0. The highest BCUT2D eigenvalue weighted by Crippen LogP contribution is 2.05. The van der Waals surface area contributed by atoms with E-state index in [4.69, 9.17) is 4.74 Å². The van der Waals surface area contributed by atoms with Gasteiger partial charge < -0.3 is 9.64 Å². The number of methoxy groups -OCH3 is 1. The van der Waals surface area contributed by atoms with E-state index in [1.165, 1.54) is 18.2 Å². The first kappa shape index (κ1) is 12.6. The lowest BCUT2D eigenvalue weighted by Gasteiger charge is -2.18. The van der Waals surface area contributed by atoms with Gasteiger partial charge in [-0.1, -0.05) is 29.8 Å². The van der Waals surface area contributed by atoms with Crippen LogP contribution in [0.5, 0.6) is 0 Å². The molecule has 1 rings (SSSR count). The van der Waals surface area contributed by atoms with Crippen molar-refractivity contribution in [3.05, 3.63) is 35.4 Å². The Kier molecular flexibility index (Phi) is 4.83. The predicted molar refractivity (Wildman–Crippen MR) is 64.5 cm³/mol. The molecule has 0 fully saturated rings. The van der Waals surface area contributed by atoms with E-state index in [1.54, 1.807) is 4.90 Å². The van der Waals surface area contributed by atoms with E-state index >= 15 is 0 Å². The minimum absolute atomic E-state index is 0.255. The highest BCUT2D eigenvalue weighted by Gasteiger charge is 2.10. The lowest BCUT2D eigenvalue weighted by Crippen LogP contribution is -2.32. The number of rotatable bonds is 4. The quantitative estimate of drug-likeness (QED) is 0.782. The maximum Gasteiger partial charge on any atom is 0.409 e. The fourth-order valence-corrected chi connectivity index (χ4v) is 1.53. The molecule has 0 aliphatic rings. The van der Waals surface area contributed by atoms with Gasteiger partial charge >= 0.3 is 6.09 Å². The second-order valence-electron chi connectivity index (χ2n) is 3.79. The molecule has 0 atom stereocenters. The summed E-state index contributed by atoms with van der Waals surface area (Å²) in [6, 6.07) is 8.37. The van der Waals surface area contributed by atoms with Crippen molar-refractivity contribution in [2.45, 2.75) is 20.3 Å². The molecule has 0 saturated carbocycles. The number of aryl methyl sites for hydroxylation is 1. The largest absolute Gasteiger partial charge is 0.453 e. The van der Waals surface area contributed by atoms with Gasteiger partial charge in [-0.3, -0.25) is 0 Å². The van der Waals surface area contributed by atoms with Crippen LogP contribution in [-0.4, -0.2) is 31.2 Å². The zero-order valence-corrected chi connectivity index (χ0v) is 10.2. The SMILES string of the molecule is CCN(CCc1ccc(C)cc1)C(=O)OC. The van der Waals surface area contributed by atoms with Crippen molar-refractivity contribution in [1.82, 2.24) is 4.90 Å². The number of likely N-dealkylation sites (N-methyl/N-ethyl adjacent to an activating group) is 1. The van der Waals surface area contributed by atoms with Crippen LogP contribution in [0.1, 0.15) is 18.1 Å². The number of hydrogen-bond acceptors (Lipinski definition) is 2. The van der Waals surface area contributed by atoms with Crippen molar-refractivity contribution in [2.24, 2.45) is 0 Å². The van der Waals surface area contributed by atoms with Crippen molar-refractivity contribution >= 4 is 6.09 Å². The topological polar surface area (TPSA) is 29.5 Å². The highest BCUT2D eigenvalue weighted by molar-refractivity contribution is 5.67. The summed E-state index contributed by atoms with van der Waals surface area (Å²) in [6.45, 7) is 5.40. The van der Waals surface area contributed by atoms with Gasteiger partial charge in [0.1, 0.15) is 0 Å². The number of amides is 1. The standard InChI is InChI=1S/C13H19NO2/c1-4-14(13(15)16-3)10-9-12-7-5-11(2)6-8-12/h5-8H,4,9-10H2,1-3H3. The zero-order chi connectivity index (χ0) is 12.0. The minimum Gasteiger partial charge on any atom is -0.453 e. The molecule has 1 amide bonds. The summed E-state index contributed by atoms with van der Waals surface area (Å²) in [5.74, 6) is 0. The van der Waals surface area contributed by atoms with E-state index in [9.17, 15) is 4.79 Å². The molecule has 0 aliphatic heterocycles. The van der Waals surface area contributed by atoms with E-state index in [1.807, 2.05) is 6.92 Å². The Labute approximate surface area is 97.0 Å². The molecule has 88 valence electrons. The molecular formula is C13H19NO2. The number of nitrogens with zero attached hydrogens (tertiary/aromatic N) is 1. The van der Waals surface area contributed by atoms with E-state index in [0.717, 1.165) is 6.42 Å². The van der Waals surface area contributed by atoms with Gasteiger partial charge in [0.2, 0.25) is 0 Å². The Morgan fingerprint density at radius 1 is 1.31 bits per heavy atom. The Morgan fingerprint density at radius 3 is 2.44 bits per heavy atom. The number of carbonyl (C=O) groups excluding carboxylic acids is 1. The summed E-state index contributed by atoms with van der Waals surface area (Å²) in [5, 5.41) is 0. The molecule has 0 bridgehead atoms. The van der Waals surface area contributed by atoms with Crippen LogP contribution >= 0.6 is 0 Å². The average Bonchev–Trinajstić information content (AvgIpc) is 2.31. The number of ether oxygens (including phenoxy) is 1. The Balaban J connectivity index is 2.49. The molecule has 0 heterocycles. The molecule has 3 nitrogen and oxygen atoms in total. The Bertz CT molecular complexity index is 332. The van der Waals surface area contributed by atoms with Crippen LogP contribution in [-0.2, 0) is 11.2 Å². The van der Waals surface area contributed by atoms with E-state index in [2.05, 4.69) is 31.2 Å². The van der Waals surface area contributed by atoms with E-state index in [0.29, 0.717) is 13.1 Å². The normalized spacial score (nSPS) is 9.94. The first-order valence-electron chi connectivity index (χ1n) is 5.55. The number of benzene rings is 1. The molecular weight excluding hydrogens is 202 g/mol. The van der Waals surface area contributed by atoms with Crippen molar-refractivity contribution in [3.63, 3.8) is 0 Å². The molecule has 3 heteroatoms. The lowest BCUT2D eigenvalue weighted by atomic mass is 10.1. The first-order valence-corrected chi connectivity index (χ1v) is 5.55. The van der Waals surface area contributed by atoms with Crippen molar-refractivity contribution in [2.75, 3.05) is 20.2 Å². The Morgan fingerprint density at radius 2 is 1.94 bits per heavy atom. The molecule has 0 N–H and O–H groups in total. The van der Waals surface area contributed by atoms with Crippen LogP contribution in [0.3, 0.4) is 0 Å². The van der Waals surface area contributed by atoms with Gasteiger partial charge in [-0.15, -0.1) is 0 Å². The summed E-state index contributed by atoms with van der Waals surface area (Å²) >= 11 is 0. The molecule has 0 aromatic heterocycles. The van der Waals surface area contributed by atoms with Crippen molar-refractivity contribution in [1.29, 1.82) is 0 Å². The third kappa shape index (κ3) is 3.57. The summed E-state index contributed by atoms with van der Waals surface area (Å²) in [7, 11) is 1.41. The maximum atomic E-state index is 11.3. The van der Waals surface area contributed by atoms with Crippen LogP contribution in [0, 0.1) is 6.92 Å². The molecule has 1 aromatic carbocycles. The summed E-state index contributed by atoms with van der Waals surface area (Å²) < 4.78 is 4.70. The summed E-state index contributed by atoms with van der Waals surface area (Å²) in [5.41, 5.74) is 2.50. The maximum absolute atomic E-state index is 11.3. The molecule has 1 aromatic rings. The third-order valence-electron chi connectivity index (χ3n) is 2.61. The van der Waals surface area contributed by atoms with E-state index in [-0.39, 0.29) is 6.09 Å². The number of hydrogen-bond donors (Lipinski definition) is 0. The van der Waals surface area contributed by atoms with Crippen LogP contribution in [0.25, 0.3) is 0 Å².